The number of Topliss-reactive ketones (excluding diaryl/α,β-unsaturated/α-hetero) is 2. The summed E-state index contributed by atoms with van der Waals surface area (Å²) in [5, 5.41) is 68.1. The van der Waals surface area contributed by atoms with Crippen LogP contribution in [0.15, 0.2) is 24.4 Å². The molecule has 0 aliphatic heterocycles. The summed E-state index contributed by atoms with van der Waals surface area (Å²) in [5.74, 6) is -6.36. The van der Waals surface area contributed by atoms with Crippen molar-refractivity contribution in [3.8, 4) is 5.88 Å². The Morgan fingerprint density at radius 3 is 1.67 bits per heavy atom. The zero-order valence-corrected chi connectivity index (χ0v) is 27.7. The fraction of sp³-hybridized carbons (Fsp3) is 0.556. The van der Waals surface area contributed by atoms with Gasteiger partial charge in [-0.05, 0) is 31.9 Å². The number of carboxylic acid groups (broad SMARTS) is 4. The van der Waals surface area contributed by atoms with E-state index in [1.807, 2.05) is 0 Å². The van der Waals surface area contributed by atoms with Gasteiger partial charge < -0.3 is 80.1 Å². The number of nitrogens with one attached hydrogen (secondary N) is 1. The molecule has 24 nitrogen and oxygen atoms in total. The molecular weight excluding hydrogens is 692 g/mol. The SMILES string of the molecule is CC(=O)C(=O)[C@H](N)[C@@H](O)[C@H](O)[C@H](O)CO.NC(=O)C[C@H](N)C(=O)O.NCC(=O)O.NCC(=O)O.NCCCC[C@H](NOc1ccccn1)C(=O)O. The first-order chi connectivity index (χ1) is 23.6. The molecule has 0 aromatic carbocycles. The van der Waals surface area contributed by atoms with E-state index in [2.05, 4.69) is 27.7 Å². The summed E-state index contributed by atoms with van der Waals surface area (Å²) in [7, 11) is 0. The third-order valence-corrected chi connectivity index (χ3v) is 5.22. The van der Waals surface area contributed by atoms with E-state index in [9.17, 15) is 43.8 Å². The molecule has 1 aromatic rings. The molecule has 24 heteroatoms. The monoisotopic (exact) mass is 742 g/mol. The minimum absolute atomic E-state index is 0.278. The number of nitrogens with two attached hydrogens (primary N) is 6. The normalized spacial score (nSPS) is 13.3. The van der Waals surface area contributed by atoms with Crippen molar-refractivity contribution >= 4 is 41.4 Å². The van der Waals surface area contributed by atoms with Gasteiger partial charge in [0.15, 0.2) is 5.78 Å². The summed E-state index contributed by atoms with van der Waals surface area (Å²) in [6.07, 6.45) is -1.93. The summed E-state index contributed by atoms with van der Waals surface area (Å²) >= 11 is 0. The summed E-state index contributed by atoms with van der Waals surface area (Å²) < 4.78 is 0. The Morgan fingerprint density at radius 1 is 0.843 bits per heavy atom. The smallest absolute Gasteiger partial charge is 0.324 e. The molecule has 294 valence electrons. The van der Waals surface area contributed by atoms with E-state index in [1.165, 1.54) is 0 Å². The Balaban J connectivity index is -0.000000295. The minimum Gasteiger partial charge on any atom is -0.480 e. The average molecular weight is 743 g/mol. The number of unbranched alkanes of at least 4 members (excludes halogenated alkanes) is 1. The first kappa shape index (κ1) is 53.0. The lowest BCUT2D eigenvalue weighted by Gasteiger charge is -2.24. The number of pyridine rings is 1. The number of hydrogen-bond donors (Lipinski definition) is 15. The van der Waals surface area contributed by atoms with Gasteiger partial charge in [-0.15, -0.1) is 5.48 Å². The molecule has 1 rings (SSSR count). The maximum atomic E-state index is 11.0. The number of ketones is 2. The van der Waals surface area contributed by atoms with Crippen LogP contribution in [0.4, 0.5) is 0 Å². The van der Waals surface area contributed by atoms with Gasteiger partial charge in [0.25, 0.3) is 0 Å². The Kier molecular flexibility index (Phi) is 33.7. The number of hydroxylamine groups is 1. The molecule has 0 saturated carbocycles. The standard InChI is InChI=1S/C11H17N3O3.C8H15NO6.C4H8N2O3.2C2H5NO2/c12-7-3-1-5-9(11(15)16)14-17-10-6-2-4-8-13-10;1-3(11)6(13)5(9)8(15)7(14)4(12)2-10;5-2(4(8)9)1-3(6)7;2*3-1-2(4)5/h2,4,6,8-9,14H,1,3,5,7,12H2,(H,15,16);4-5,7-8,10,12,14-15H,2,9H2,1H3;2H,1,5H2,(H2,6,7)(H,8,9);2*1,3H2,(H,4,5)/t9-;4-,5+,7-,8-;2-;;/m010../s1. The quantitative estimate of drug-likeness (QED) is 0.0356. The van der Waals surface area contributed by atoms with Gasteiger partial charge in [-0.2, -0.15) is 0 Å². The van der Waals surface area contributed by atoms with Gasteiger partial charge in [0.2, 0.25) is 17.6 Å². The molecule has 0 aliphatic carbocycles. The number of nitrogens with zero attached hydrogens (tertiary/aromatic N) is 1. The van der Waals surface area contributed by atoms with Gasteiger partial charge in [0.1, 0.15) is 36.4 Å². The van der Waals surface area contributed by atoms with Gasteiger partial charge in [-0.25, -0.2) is 4.98 Å². The number of hydrogen-bond acceptors (Lipinski definition) is 19. The average Bonchev–Trinajstić information content (AvgIpc) is 3.08. The predicted octanol–water partition coefficient (Wildman–Crippen LogP) is -6.57. The van der Waals surface area contributed by atoms with Crippen molar-refractivity contribution in [3.63, 3.8) is 0 Å². The van der Waals surface area contributed by atoms with Crippen LogP contribution in [0.3, 0.4) is 0 Å². The van der Waals surface area contributed by atoms with Gasteiger partial charge in [-0.3, -0.25) is 33.6 Å². The maximum absolute atomic E-state index is 11.0. The molecule has 0 unspecified atom stereocenters. The van der Waals surface area contributed by atoms with Crippen LogP contribution in [0.25, 0.3) is 0 Å². The van der Waals surface area contributed by atoms with E-state index in [1.54, 1.807) is 24.4 Å². The van der Waals surface area contributed by atoms with Crippen molar-refractivity contribution in [1.29, 1.82) is 0 Å². The lowest BCUT2D eigenvalue weighted by atomic mass is 9.97. The number of aliphatic carboxylic acids is 4. The Labute approximate surface area is 291 Å². The van der Waals surface area contributed by atoms with Crippen LogP contribution in [0, 0.1) is 0 Å². The number of primary amides is 1. The topological polar surface area (TPSA) is 472 Å². The number of carbonyl (C=O) groups excluding carboxylic acids is 3. The highest BCUT2D eigenvalue weighted by Crippen LogP contribution is 2.06. The number of aliphatic hydroxyl groups is 4. The van der Waals surface area contributed by atoms with Crippen LogP contribution in [-0.2, 0) is 33.6 Å². The molecule has 1 amide bonds. The van der Waals surface area contributed by atoms with Crippen LogP contribution in [0.5, 0.6) is 5.88 Å². The highest BCUT2D eigenvalue weighted by Gasteiger charge is 2.34. The van der Waals surface area contributed by atoms with Crippen LogP contribution in [0.1, 0.15) is 32.6 Å². The molecule has 0 aliphatic rings. The second kappa shape index (κ2) is 32.4. The summed E-state index contributed by atoms with van der Waals surface area (Å²) in [4.78, 5) is 79.9. The number of carbonyl (C=O) groups is 7. The fourth-order valence-electron chi connectivity index (χ4n) is 2.51. The first-order valence-corrected chi connectivity index (χ1v) is 14.5. The molecule has 21 N–H and O–H groups in total. The zero-order chi connectivity index (χ0) is 40.7. The lowest BCUT2D eigenvalue weighted by Crippen LogP contribution is -2.54. The molecular formula is C27H50N8O16. The summed E-state index contributed by atoms with van der Waals surface area (Å²) in [6.45, 7) is 0.191. The van der Waals surface area contributed by atoms with Crippen molar-refractivity contribution in [2.24, 2.45) is 34.4 Å². The Hall–Kier alpha value is -4.76. The second-order valence-corrected chi connectivity index (χ2v) is 9.55. The van der Waals surface area contributed by atoms with E-state index in [0.29, 0.717) is 18.8 Å². The van der Waals surface area contributed by atoms with E-state index in [-0.39, 0.29) is 19.5 Å². The van der Waals surface area contributed by atoms with E-state index >= 15 is 0 Å². The molecule has 0 radical (unpaired) electrons. The van der Waals surface area contributed by atoms with E-state index in [0.717, 1.165) is 19.8 Å². The Morgan fingerprint density at radius 2 is 1.35 bits per heavy atom. The molecule has 0 fully saturated rings. The predicted molar refractivity (Wildman–Crippen MR) is 174 cm³/mol. The van der Waals surface area contributed by atoms with Crippen molar-refractivity contribution in [2.75, 3.05) is 26.2 Å². The molecule has 51 heavy (non-hydrogen) atoms. The molecule has 1 heterocycles. The van der Waals surface area contributed by atoms with Crippen molar-refractivity contribution in [3.05, 3.63) is 24.4 Å². The molecule has 0 spiro atoms. The Bertz CT molecular complexity index is 1150. The number of amides is 1. The van der Waals surface area contributed by atoms with E-state index < -0.39 is 84.4 Å². The van der Waals surface area contributed by atoms with Crippen molar-refractivity contribution < 1.29 is 79.3 Å². The molecule has 0 saturated heterocycles. The third-order valence-electron chi connectivity index (χ3n) is 5.22. The van der Waals surface area contributed by atoms with Crippen LogP contribution in [-0.4, -0.2) is 150 Å². The first-order valence-electron chi connectivity index (χ1n) is 14.5. The maximum Gasteiger partial charge on any atom is 0.324 e. The summed E-state index contributed by atoms with van der Waals surface area (Å²) in [5.41, 5.74) is 31.7. The molecule has 6 atom stereocenters. The lowest BCUT2D eigenvalue weighted by molar-refractivity contribution is -0.142. The molecule has 0 bridgehead atoms. The van der Waals surface area contributed by atoms with Gasteiger partial charge in [0.05, 0.1) is 26.1 Å². The van der Waals surface area contributed by atoms with Gasteiger partial charge in [-0.1, -0.05) is 6.07 Å². The van der Waals surface area contributed by atoms with Crippen molar-refractivity contribution in [1.82, 2.24) is 10.5 Å². The number of aromatic nitrogens is 1. The zero-order valence-electron chi connectivity index (χ0n) is 27.7. The highest BCUT2D eigenvalue weighted by atomic mass is 16.7. The largest absolute Gasteiger partial charge is 0.480 e. The number of aliphatic hydroxyl groups excluding tert-OH is 4. The number of carboxylic acids is 4. The molecule has 1 aromatic heterocycles. The highest BCUT2D eigenvalue weighted by molar-refractivity contribution is 6.38. The van der Waals surface area contributed by atoms with Crippen LogP contribution >= 0.6 is 0 Å². The fourth-order valence-corrected chi connectivity index (χ4v) is 2.51. The second-order valence-electron chi connectivity index (χ2n) is 9.55. The number of rotatable bonds is 19. The third kappa shape index (κ3) is 32.2. The van der Waals surface area contributed by atoms with Gasteiger partial charge in [0, 0.05) is 19.2 Å². The van der Waals surface area contributed by atoms with E-state index in [4.69, 9.17) is 52.7 Å². The van der Waals surface area contributed by atoms with Crippen LogP contribution in [0.2, 0.25) is 0 Å². The minimum atomic E-state index is -1.80. The van der Waals surface area contributed by atoms with Crippen molar-refractivity contribution in [2.45, 2.75) is 69.0 Å². The van der Waals surface area contributed by atoms with Gasteiger partial charge >= 0.3 is 23.9 Å². The summed E-state index contributed by atoms with van der Waals surface area (Å²) in [6, 6.07) is 1.63. The van der Waals surface area contributed by atoms with Crippen LogP contribution < -0.4 is 44.7 Å².